The smallest absolute Gasteiger partial charge is 0.0390 e. The fraction of sp³-hybridized carbons (Fsp3) is 0.287. The van der Waals surface area contributed by atoms with E-state index in [1.807, 2.05) is 6.07 Å². The predicted molar refractivity (Wildman–Crippen MR) is 460 cm³/mol. The number of rotatable bonds is 31. The summed E-state index contributed by atoms with van der Waals surface area (Å²) in [5.74, 6) is 0. The summed E-state index contributed by atoms with van der Waals surface area (Å²) in [6.45, 7) is 20.1. The topological polar surface area (TPSA) is 24.1 Å². The first-order valence-electron chi connectivity index (χ1n) is 39.2. The van der Waals surface area contributed by atoms with Crippen LogP contribution in [-0.4, -0.2) is 0 Å². The van der Waals surface area contributed by atoms with Crippen LogP contribution >= 0.6 is 15.9 Å². The lowest BCUT2D eigenvalue weighted by molar-refractivity contribution is 0.664. The Morgan fingerprint density at radius 2 is 0.500 bits per heavy atom. The minimum atomic E-state index is 1.07. The zero-order valence-electron chi connectivity index (χ0n) is 63.9. The summed E-state index contributed by atoms with van der Waals surface area (Å²) in [5.41, 5.74) is 35.4. The van der Waals surface area contributed by atoms with Gasteiger partial charge in [0.1, 0.15) is 0 Å². The fourth-order valence-electron chi connectivity index (χ4n) is 14.7. The van der Waals surface area contributed by atoms with E-state index >= 15 is 0 Å². The summed E-state index contributed by atoms with van der Waals surface area (Å²) in [5, 5.41) is 7.49. The first-order chi connectivity index (χ1) is 50.9. The standard InChI is InChI=1S/C56H60N2.C32H42.C13H11Br/c1-5-7-9-13-25-47-39-56(46-28-20-30-50(38-46)58-52-32-34-54(42(4)36-52)44-23-17-12-18-24-44)48(26-14-10-8-6-2)40-55(47)45-27-19-29-49(37-45)57-51-31-33-53(41(3)35-51)43-21-15-11-16-22-43;1-5-7-9-11-17-29-23-32(28-20-14-16-26(4)22-28)30(18-12-10-8-6-2)24-31(29)27-19-13-15-25(3)21-27;1-10-9-12(14)7-8-13(10)11-5-3-2-4-6-11/h11-12,15-24,27-40,57-58H,5-10,13-14,25-26H2,1-4H3;13-16,19-24H,5-12,17-18H2,1-4H3;2-9H,1H3. The molecule has 3 heteroatoms. The molecule has 104 heavy (non-hydrogen) atoms. The van der Waals surface area contributed by atoms with Gasteiger partial charge in [0.25, 0.3) is 0 Å². The van der Waals surface area contributed by atoms with Crippen molar-refractivity contribution in [1.82, 2.24) is 0 Å². The third-order valence-corrected chi connectivity index (χ3v) is 20.8. The minimum Gasteiger partial charge on any atom is -0.356 e. The number of hydrogen-bond donors (Lipinski definition) is 2. The van der Waals surface area contributed by atoms with Gasteiger partial charge in [-0.05, 0) is 263 Å². The van der Waals surface area contributed by atoms with Crippen molar-refractivity contribution in [1.29, 1.82) is 0 Å². The molecule has 2 nitrogen and oxygen atoms in total. The molecule has 534 valence electrons. The highest BCUT2D eigenvalue weighted by atomic mass is 79.9. The van der Waals surface area contributed by atoms with Crippen LogP contribution in [0.2, 0.25) is 0 Å². The molecule has 0 amide bonds. The first-order valence-corrected chi connectivity index (χ1v) is 40.0. The van der Waals surface area contributed by atoms with Crippen LogP contribution in [0, 0.1) is 34.6 Å². The van der Waals surface area contributed by atoms with Gasteiger partial charge in [-0.2, -0.15) is 0 Å². The highest BCUT2D eigenvalue weighted by molar-refractivity contribution is 9.10. The zero-order chi connectivity index (χ0) is 72.8. The number of aryl methyl sites for hydroxylation is 9. The summed E-state index contributed by atoms with van der Waals surface area (Å²) in [4.78, 5) is 0. The Bertz CT molecular complexity index is 4370. The van der Waals surface area contributed by atoms with Crippen molar-refractivity contribution >= 4 is 38.7 Å². The van der Waals surface area contributed by atoms with E-state index in [4.69, 9.17) is 0 Å². The third-order valence-electron chi connectivity index (χ3n) is 20.3. The summed E-state index contributed by atoms with van der Waals surface area (Å²) < 4.78 is 1.13. The van der Waals surface area contributed by atoms with Crippen LogP contribution in [0.15, 0.2) is 271 Å². The van der Waals surface area contributed by atoms with Crippen molar-refractivity contribution in [3.63, 3.8) is 0 Å². The van der Waals surface area contributed by atoms with Gasteiger partial charge in [0.2, 0.25) is 0 Å². The molecular formula is C101H113BrN2. The molecule has 12 aromatic rings. The molecule has 0 aliphatic carbocycles. The molecule has 0 aliphatic rings. The first kappa shape index (κ1) is 77.3. The molecule has 0 fully saturated rings. The average molecular weight is 1430 g/mol. The summed E-state index contributed by atoms with van der Waals surface area (Å²) in [6, 6.07) is 97.9. The number of benzene rings is 12. The second-order valence-electron chi connectivity index (χ2n) is 28.8. The maximum Gasteiger partial charge on any atom is 0.0390 e. The molecule has 0 unspecified atom stereocenters. The molecule has 2 N–H and O–H groups in total. The van der Waals surface area contributed by atoms with Gasteiger partial charge in [0.05, 0.1) is 0 Å². The monoisotopic (exact) mass is 1430 g/mol. The molecule has 0 spiro atoms. The van der Waals surface area contributed by atoms with Crippen LogP contribution in [0.4, 0.5) is 22.7 Å². The van der Waals surface area contributed by atoms with E-state index in [1.54, 1.807) is 0 Å². The predicted octanol–water partition coefficient (Wildman–Crippen LogP) is 31.0. The molecule has 0 saturated heterocycles. The highest BCUT2D eigenvalue weighted by Gasteiger charge is 2.18. The van der Waals surface area contributed by atoms with E-state index < -0.39 is 0 Å². The van der Waals surface area contributed by atoms with Gasteiger partial charge in [-0.25, -0.2) is 0 Å². The quantitative estimate of drug-likeness (QED) is 0.0423. The van der Waals surface area contributed by atoms with Crippen LogP contribution in [0.3, 0.4) is 0 Å². The van der Waals surface area contributed by atoms with Gasteiger partial charge in [-0.15, -0.1) is 0 Å². The number of anilines is 4. The van der Waals surface area contributed by atoms with Crippen molar-refractivity contribution in [3.05, 3.63) is 321 Å². The molecule has 12 aromatic carbocycles. The van der Waals surface area contributed by atoms with E-state index in [1.165, 1.54) is 231 Å². The average Bonchev–Trinajstić information content (AvgIpc) is 0.786. The van der Waals surface area contributed by atoms with Gasteiger partial charge < -0.3 is 10.6 Å². The Balaban J connectivity index is 0.000000209. The number of unbranched alkanes of at least 4 members (excludes halogenated alkanes) is 12. The van der Waals surface area contributed by atoms with E-state index in [2.05, 4.69) is 350 Å². The highest BCUT2D eigenvalue weighted by Crippen LogP contribution is 2.40. The van der Waals surface area contributed by atoms with Gasteiger partial charge >= 0.3 is 0 Å². The van der Waals surface area contributed by atoms with Gasteiger partial charge in [-0.3, -0.25) is 0 Å². The molecule has 0 bridgehead atoms. The number of halogens is 1. The van der Waals surface area contributed by atoms with Gasteiger partial charge in [-0.1, -0.05) is 338 Å². The minimum absolute atomic E-state index is 1.07. The van der Waals surface area contributed by atoms with E-state index in [-0.39, 0.29) is 0 Å². The molecule has 0 heterocycles. The Morgan fingerprint density at radius 1 is 0.221 bits per heavy atom. The van der Waals surface area contributed by atoms with Gasteiger partial charge in [0.15, 0.2) is 0 Å². The number of nitrogens with one attached hydrogen (secondary N) is 2. The Kier molecular flexibility index (Phi) is 30.3. The molecular weight excluding hydrogens is 1320 g/mol. The summed E-state index contributed by atoms with van der Waals surface area (Å²) in [6.07, 6.45) is 24.8. The van der Waals surface area contributed by atoms with E-state index in [0.29, 0.717) is 0 Å². The lowest BCUT2D eigenvalue weighted by atomic mass is 9.86. The summed E-state index contributed by atoms with van der Waals surface area (Å²) in [7, 11) is 0. The van der Waals surface area contributed by atoms with Crippen LogP contribution in [0.25, 0.3) is 77.9 Å². The van der Waals surface area contributed by atoms with Crippen molar-refractivity contribution in [2.75, 3.05) is 10.6 Å². The second kappa shape index (κ2) is 40.7. The molecule has 0 aromatic heterocycles. The SMILES string of the molecule is CCCCCCc1cc(-c2cccc(C)c2)c(CCCCCC)cc1-c1cccc(C)c1.CCCCCCc1cc(-c2cccc(Nc3ccc(-c4ccccc4)c(C)c3)c2)c(CCCCCC)cc1-c1cccc(Nc2ccc(-c3ccccc3)c(C)c2)c1.Cc1cc(Br)ccc1-c1ccccc1. The maximum atomic E-state index is 3.75. The Morgan fingerprint density at radius 3 is 0.798 bits per heavy atom. The normalized spacial score (nSPS) is 11.0. The van der Waals surface area contributed by atoms with Crippen molar-refractivity contribution in [3.8, 4) is 77.9 Å². The number of hydrogen-bond acceptors (Lipinski definition) is 2. The second-order valence-corrected chi connectivity index (χ2v) is 29.8. The van der Waals surface area contributed by atoms with Crippen molar-refractivity contribution in [2.24, 2.45) is 0 Å². The fourth-order valence-corrected chi connectivity index (χ4v) is 15.1. The van der Waals surface area contributed by atoms with Crippen molar-refractivity contribution < 1.29 is 0 Å². The van der Waals surface area contributed by atoms with Crippen LogP contribution in [0.5, 0.6) is 0 Å². The molecule has 0 atom stereocenters. The zero-order valence-corrected chi connectivity index (χ0v) is 65.5. The largest absolute Gasteiger partial charge is 0.356 e. The molecule has 0 radical (unpaired) electrons. The van der Waals surface area contributed by atoms with E-state index in [9.17, 15) is 0 Å². The van der Waals surface area contributed by atoms with Gasteiger partial charge in [0, 0.05) is 27.2 Å². The van der Waals surface area contributed by atoms with Crippen LogP contribution in [-0.2, 0) is 25.7 Å². The third kappa shape index (κ3) is 22.6. The molecule has 12 rings (SSSR count). The molecule has 0 aliphatic heterocycles. The van der Waals surface area contributed by atoms with Crippen molar-refractivity contribution in [2.45, 2.75) is 191 Å². The lowest BCUT2D eigenvalue weighted by Gasteiger charge is -2.19. The Hall–Kier alpha value is -9.28. The Labute approximate surface area is 635 Å². The lowest BCUT2D eigenvalue weighted by Crippen LogP contribution is -2.00. The summed E-state index contributed by atoms with van der Waals surface area (Å²) >= 11 is 3.47. The molecule has 0 saturated carbocycles. The van der Waals surface area contributed by atoms with Crippen LogP contribution in [0.1, 0.15) is 180 Å². The maximum absolute atomic E-state index is 3.75. The van der Waals surface area contributed by atoms with Crippen LogP contribution < -0.4 is 10.6 Å². The van der Waals surface area contributed by atoms with E-state index in [0.717, 1.165) is 52.9 Å².